The van der Waals surface area contributed by atoms with Crippen LogP contribution >= 0.6 is 0 Å². The zero-order valence-corrected chi connectivity index (χ0v) is 24.5. The third kappa shape index (κ3) is 6.82. The molecule has 2 saturated heterocycles. The SMILES string of the molecule is CC.COc1cc2c(NC3CCN(Cc4ccccc4)CC3)nc(N3CCN(c4ccccc4)CC3)nc2cc1O. The molecule has 0 aliphatic carbocycles. The molecule has 0 unspecified atom stereocenters. The highest BCUT2D eigenvalue weighted by Gasteiger charge is 2.24. The Morgan fingerprint density at radius 1 is 0.829 bits per heavy atom. The van der Waals surface area contributed by atoms with Crippen molar-refractivity contribution < 1.29 is 9.84 Å². The molecular formula is C33H42N6O2. The predicted octanol–water partition coefficient (Wildman–Crippen LogP) is 5.77. The minimum absolute atomic E-state index is 0.0868. The number of nitrogens with zero attached hydrogens (tertiary/aromatic N) is 5. The first-order valence-corrected chi connectivity index (χ1v) is 14.8. The summed E-state index contributed by atoms with van der Waals surface area (Å²) < 4.78 is 5.41. The van der Waals surface area contributed by atoms with Crippen molar-refractivity contribution in [1.82, 2.24) is 14.9 Å². The first-order chi connectivity index (χ1) is 20.2. The number of hydrogen-bond acceptors (Lipinski definition) is 8. The number of anilines is 3. The van der Waals surface area contributed by atoms with Gasteiger partial charge in [-0.3, -0.25) is 4.90 Å². The van der Waals surface area contributed by atoms with Crippen molar-refractivity contribution in [2.75, 3.05) is 61.5 Å². The molecule has 2 aliphatic heterocycles. The zero-order chi connectivity index (χ0) is 28.6. The summed E-state index contributed by atoms with van der Waals surface area (Å²) in [6.45, 7) is 10.5. The molecule has 0 bridgehead atoms. The van der Waals surface area contributed by atoms with Crippen LogP contribution in [0.2, 0.25) is 0 Å². The van der Waals surface area contributed by atoms with Crippen LogP contribution in [0.5, 0.6) is 11.5 Å². The number of fused-ring (bicyclic) bond motifs is 1. The molecule has 41 heavy (non-hydrogen) atoms. The van der Waals surface area contributed by atoms with E-state index in [2.05, 4.69) is 80.7 Å². The molecule has 0 saturated carbocycles. The van der Waals surface area contributed by atoms with E-state index < -0.39 is 0 Å². The average molecular weight is 555 g/mol. The van der Waals surface area contributed by atoms with Crippen LogP contribution in [0.3, 0.4) is 0 Å². The van der Waals surface area contributed by atoms with Crippen LogP contribution in [0.25, 0.3) is 10.9 Å². The van der Waals surface area contributed by atoms with Crippen molar-refractivity contribution in [2.45, 2.75) is 39.3 Å². The minimum atomic E-state index is 0.0868. The highest BCUT2D eigenvalue weighted by Crippen LogP contribution is 2.35. The van der Waals surface area contributed by atoms with Gasteiger partial charge in [-0.2, -0.15) is 4.98 Å². The number of para-hydroxylation sites is 1. The fraction of sp³-hybridized carbons (Fsp3) is 0.394. The summed E-state index contributed by atoms with van der Waals surface area (Å²) in [7, 11) is 1.57. The molecule has 1 aromatic heterocycles. The number of aromatic hydroxyl groups is 1. The maximum Gasteiger partial charge on any atom is 0.228 e. The number of benzene rings is 3. The van der Waals surface area contributed by atoms with Gasteiger partial charge in [0.1, 0.15) is 5.82 Å². The summed E-state index contributed by atoms with van der Waals surface area (Å²) in [5.74, 6) is 2.02. The summed E-state index contributed by atoms with van der Waals surface area (Å²) in [5, 5.41) is 15.1. The van der Waals surface area contributed by atoms with Gasteiger partial charge in [0.05, 0.1) is 12.6 Å². The molecule has 8 heteroatoms. The van der Waals surface area contributed by atoms with Crippen LogP contribution in [0.4, 0.5) is 17.5 Å². The number of rotatable bonds is 7. The van der Waals surface area contributed by atoms with Crippen molar-refractivity contribution in [2.24, 2.45) is 0 Å². The van der Waals surface area contributed by atoms with Gasteiger partial charge in [0.2, 0.25) is 5.95 Å². The smallest absolute Gasteiger partial charge is 0.228 e. The molecule has 3 heterocycles. The Balaban J connectivity index is 0.00000165. The van der Waals surface area contributed by atoms with E-state index in [0.717, 1.165) is 69.9 Å². The summed E-state index contributed by atoms with van der Waals surface area (Å²) in [4.78, 5) is 17.1. The van der Waals surface area contributed by atoms with E-state index >= 15 is 0 Å². The van der Waals surface area contributed by atoms with Crippen molar-refractivity contribution in [3.05, 3.63) is 78.4 Å². The minimum Gasteiger partial charge on any atom is -0.504 e. The first kappa shape index (κ1) is 28.5. The number of phenols is 1. The number of likely N-dealkylation sites (tertiary alicyclic amines) is 1. The number of piperidine rings is 1. The quantitative estimate of drug-likeness (QED) is 0.298. The molecule has 0 amide bonds. The zero-order valence-electron chi connectivity index (χ0n) is 24.5. The predicted molar refractivity (Wildman–Crippen MR) is 168 cm³/mol. The Kier molecular flexibility index (Phi) is 9.41. The molecule has 0 radical (unpaired) electrons. The van der Waals surface area contributed by atoms with E-state index in [9.17, 15) is 5.11 Å². The topological polar surface area (TPSA) is 77.0 Å². The van der Waals surface area contributed by atoms with E-state index in [1.54, 1.807) is 13.2 Å². The Labute approximate surface area is 243 Å². The number of piperazine rings is 1. The highest BCUT2D eigenvalue weighted by atomic mass is 16.5. The molecule has 216 valence electrons. The van der Waals surface area contributed by atoms with E-state index in [1.807, 2.05) is 19.9 Å². The van der Waals surface area contributed by atoms with Crippen LogP contribution in [0.1, 0.15) is 32.3 Å². The normalized spacial score (nSPS) is 16.3. The highest BCUT2D eigenvalue weighted by molar-refractivity contribution is 5.92. The first-order valence-electron chi connectivity index (χ1n) is 14.8. The second-order valence-corrected chi connectivity index (χ2v) is 10.4. The van der Waals surface area contributed by atoms with Crippen molar-refractivity contribution >= 4 is 28.4 Å². The fourth-order valence-electron chi connectivity index (χ4n) is 5.62. The van der Waals surface area contributed by atoms with Gasteiger partial charge in [-0.15, -0.1) is 0 Å². The largest absolute Gasteiger partial charge is 0.504 e. The van der Waals surface area contributed by atoms with Crippen molar-refractivity contribution in [1.29, 1.82) is 0 Å². The summed E-state index contributed by atoms with van der Waals surface area (Å²) in [6.07, 6.45) is 2.08. The lowest BCUT2D eigenvalue weighted by atomic mass is 10.0. The molecule has 2 N–H and O–H groups in total. The second-order valence-electron chi connectivity index (χ2n) is 10.4. The van der Waals surface area contributed by atoms with Crippen molar-refractivity contribution in [3.8, 4) is 11.5 Å². The molecule has 2 fully saturated rings. The summed E-state index contributed by atoms with van der Waals surface area (Å²) in [5.41, 5.74) is 3.32. The molecule has 6 rings (SSSR count). The Morgan fingerprint density at radius 2 is 1.46 bits per heavy atom. The third-order valence-corrected chi connectivity index (χ3v) is 7.85. The van der Waals surface area contributed by atoms with Gasteiger partial charge in [0.25, 0.3) is 0 Å². The van der Waals surface area contributed by atoms with Gasteiger partial charge in [-0.1, -0.05) is 62.4 Å². The maximum absolute atomic E-state index is 10.5. The third-order valence-electron chi connectivity index (χ3n) is 7.85. The van der Waals surface area contributed by atoms with Crippen molar-refractivity contribution in [3.63, 3.8) is 0 Å². The number of aromatic nitrogens is 2. The van der Waals surface area contributed by atoms with Gasteiger partial charge in [-0.25, -0.2) is 4.98 Å². The number of methoxy groups -OCH3 is 1. The van der Waals surface area contributed by atoms with Crippen LogP contribution in [0, 0.1) is 0 Å². The van der Waals surface area contributed by atoms with Crippen LogP contribution in [0.15, 0.2) is 72.8 Å². The number of nitrogens with one attached hydrogen (secondary N) is 1. The number of ether oxygens (including phenoxy) is 1. The monoisotopic (exact) mass is 554 g/mol. The Hall–Kier alpha value is -4.04. The lowest BCUT2D eigenvalue weighted by Crippen LogP contribution is -2.47. The van der Waals surface area contributed by atoms with Crippen LogP contribution in [-0.4, -0.2) is 72.4 Å². The van der Waals surface area contributed by atoms with Crippen LogP contribution < -0.4 is 19.9 Å². The van der Waals surface area contributed by atoms with E-state index in [1.165, 1.54) is 11.3 Å². The second kappa shape index (κ2) is 13.5. The molecule has 3 aromatic carbocycles. The average Bonchev–Trinajstić information content (AvgIpc) is 3.03. The van der Waals surface area contributed by atoms with Crippen LogP contribution in [-0.2, 0) is 6.54 Å². The van der Waals surface area contributed by atoms with Gasteiger partial charge in [-0.05, 0) is 36.6 Å². The molecule has 2 aliphatic rings. The Bertz CT molecular complexity index is 1390. The fourth-order valence-corrected chi connectivity index (χ4v) is 5.62. The van der Waals surface area contributed by atoms with Gasteiger partial charge in [0, 0.05) is 69.0 Å². The van der Waals surface area contributed by atoms with Gasteiger partial charge < -0.3 is 25.0 Å². The summed E-state index contributed by atoms with van der Waals surface area (Å²) in [6, 6.07) is 25.0. The maximum atomic E-state index is 10.5. The number of hydrogen-bond donors (Lipinski definition) is 2. The molecule has 8 nitrogen and oxygen atoms in total. The van der Waals surface area contributed by atoms with E-state index in [-0.39, 0.29) is 5.75 Å². The lowest BCUT2D eigenvalue weighted by Gasteiger charge is -2.36. The summed E-state index contributed by atoms with van der Waals surface area (Å²) >= 11 is 0. The van der Waals surface area contributed by atoms with E-state index in [0.29, 0.717) is 23.3 Å². The molecule has 0 atom stereocenters. The number of phenolic OH excluding ortho intramolecular Hbond substituents is 1. The standard InChI is InChI=1S/C31H36N6O2.C2H6/c1-39-29-20-26-27(21-28(29)38)33-31(37-18-16-36(17-19-37)25-10-6-3-7-11-25)34-30(26)32-24-12-14-35(15-13-24)22-23-8-4-2-5-9-23;1-2/h2-11,20-21,24,38H,12-19,22H2,1H3,(H,32,33,34);1-2H3. The molecule has 0 spiro atoms. The lowest BCUT2D eigenvalue weighted by molar-refractivity contribution is 0.211. The van der Waals surface area contributed by atoms with Gasteiger partial charge in [0.15, 0.2) is 11.5 Å². The Morgan fingerprint density at radius 3 is 2.12 bits per heavy atom. The molecule has 4 aromatic rings. The molecular weight excluding hydrogens is 512 g/mol. The van der Waals surface area contributed by atoms with E-state index in [4.69, 9.17) is 14.7 Å². The van der Waals surface area contributed by atoms with Gasteiger partial charge >= 0.3 is 0 Å².